The molecule has 0 bridgehead atoms. The van der Waals surface area contributed by atoms with E-state index >= 15 is 0 Å². The highest BCUT2D eigenvalue weighted by Gasteiger charge is 2.16. The van der Waals surface area contributed by atoms with Gasteiger partial charge in [-0.2, -0.15) is 11.8 Å². The van der Waals surface area contributed by atoms with Gasteiger partial charge in [-0.3, -0.25) is 4.79 Å². The highest BCUT2D eigenvalue weighted by Crippen LogP contribution is 2.24. The van der Waals surface area contributed by atoms with Crippen LogP contribution in [-0.2, 0) is 16.0 Å². The molecular weight excluding hydrogens is 378 g/mol. The van der Waals surface area contributed by atoms with Gasteiger partial charge in [0.25, 0.3) is 5.91 Å². The molecule has 0 heterocycles. The summed E-state index contributed by atoms with van der Waals surface area (Å²) >= 11 is 7.88. The zero-order chi connectivity index (χ0) is 19.9. The number of benzene rings is 2. The Balaban J connectivity index is 1.70. The van der Waals surface area contributed by atoms with Crippen LogP contribution in [0, 0.1) is 0 Å². The van der Waals surface area contributed by atoms with Crippen molar-refractivity contribution < 1.29 is 9.53 Å². The summed E-state index contributed by atoms with van der Waals surface area (Å²) < 4.78 is 5.75. The summed E-state index contributed by atoms with van der Waals surface area (Å²) in [4.78, 5) is 12.2. The average molecular weight is 406 g/mol. The van der Waals surface area contributed by atoms with Gasteiger partial charge in [-0.1, -0.05) is 62.7 Å². The number of rotatable bonds is 8. The van der Waals surface area contributed by atoms with E-state index in [9.17, 15) is 4.79 Å². The lowest BCUT2D eigenvalue weighted by Crippen LogP contribution is -2.37. The van der Waals surface area contributed by atoms with Crippen molar-refractivity contribution in [2.45, 2.75) is 45.0 Å². The topological polar surface area (TPSA) is 38.3 Å². The zero-order valence-electron chi connectivity index (χ0n) is 16.4. The number of nitrogens with one attached hydrogen (secondary N) is 1. The van der Waals surface area contributed by atoms with Crippen molar-refractivity contribution in [1.82, 2.24) is 5.32 Å². The van der Waals surface area contributed by atoms with Crippen molar-refractivity contribution in [3.05, 3.63) is 64.7 Å². The van der Waals surface area contributed by atoms with Gasteiger partial charge in [-0.15, -0.1) is 0 Å². The molecule has 0 radical (unpaired) electrons. The van der Waals surface area contributed by atoms with E-state index in [0.717, 1.165) is 22.1 Å². The Morgan fingerprint density at radius 3 is 2.44 bits per heavy atom. The fourth-order valence-electron chi connectivity index (χ4n) is 2.48. The first kappa shape index (κ1) is 21.6. The summed E-state index contributed by atoms with van der Waals surface area (Å²) in [7, 11) is 0. The van der Waals surface area contributed by atoms with Gasteiger partial charge in [-0.25, -0.2) is 0 Å². The molecule has 1 amide bonds. The van der Waals surface area contributed by atoms with Crippen LogP contribution in [0.4, 0.5) is 0 Å². The molecule has 1 unspecified atom stereocenters. The molecule has 1 N–H and O–H groups in total. The van der Waals surface area contributed by atoms with Gasteiger partial charge < -0.3 is 10.1 Å². The van der Waals surface area contributed by atoms with Gasteiger partial charge in [0.05, 0.1) is 0 Å². The zero-order valence-corrected chi connectivity index (χ0v) is 18.0. The molecule has 2 aromatic rings. The third kappa shape index (κ3) is 7.11. The van der Waals surface area contributed by atoms with E-state index in [4.69, 9.17) is 16.3 Å². The lowest BCUT2D eigenvalue weighted by atomic mass is 9.87. The molecule has 0 saturated carbocycles. The van der Waals surface area contributed by atoms with Gasteiger partial charge in [0, 0.05) is 23.1 Å². The van der Waals surface area contributed by atoms with Crippen molar-refractivity contribution >= 4 is 29.3 Å². The van der Waals surface area contributed by atoms with Gasteiger partial charge in [0.15, 0.2) is 6.10 Å². The Bertz CT molecular complexity index is 741. The van der Waals surface area contributed by atoms with Crippen LogP contribution in [0.25, 0.3) is 0 Å². The Morgan fingerprint density at radius 1 is 1.15 bits per heavy atom. The summed E-state index contributed by atoms with van der Waals surface area (Å²) in [5.74, 6) is 2.26. The fraction of sp³-hybridized carbons (Fsp3) is 0.409. The SMILES string of the molecule is CC(Oc1ccc(C(C)(C)C)cc1)C(=O)NCCSCc1ccccc1Cl. The van der Waals surface area contributed by atoms with Crippen LogP contribution < -0.4 is 10.1 Å². The first-order valence-electron chi connectivity index (χ1n) is 9.13. The number of halogens is 1. The van der Waals surface area contributed by atoms with Crippen LogP contribution in [0.15, 0.2) is 48.5 Å². The van der Waals surface area contributed by atoms with Crippen LogP contribution in [-0.4, -0.2) is 24.3 Å². The predicted octanol–water partition coefficient (Wildman–Crippen LogP) is 5.45. The molecular formula is C22H28ClNO2S. The van der Waals surface area contributed by atoms with Gasteiger partial charge >= 0.3 is 0 Å². The van der Waals surface area contributed by atoms with Crippen LogP contribution in [0.2, 0.25) is 5.02 Å². The molecule has 0 aliphatic carbocycles. The summed E-state index contributed by atoms with van der Waals surface area (Å²) in [5, 5.41) is 3.71. The molecule has 0 spiro atoms. The minimum Gasteiger partial charge on any atom is -0.481 e. The third-order valence-electron chi connectivity index (χ3n) is 4.16. The van der Waals surface area contributed by atoms with Gasteiger partial charge in [0.1, 0.15) is 5.75 Å². The van der Waals surface area contributed by atoms with Crippen molar-refractivity contribution in [3.8, 4) is 5.75 Å². The number of carbonyl (C=O) groups is 1. The second-order valence-electron chi connectivity index (χ2n) is 7.47. The molecule has 2 aromatic carbocycles. The van der Waals surface area contributed by atoms with E-state index in [1.54, 1.807) is 18.7 Å². The number of hydrogen-bond acceptors (Lipinski definition) is 3. The third-order valence-corrected chi connectivity index (χ3v) is 5.54. The van der Waals surface area contributed by atoms with E-state index in [2.05, 4.69) is 26.1 Å². The summed E-state index contributed by atoms with van der Waals surface area (Å²) in [6.07, 6.45) is -0.529. The molecule has 0 aliphatic heterocycles. The van der Waals surface area contributed by atoms with Crippen molar-refractivity contribution in [1.29, 1.82) is 0 Å². The minimum atomic E-state index is -0.529. The fourth-order valence-corrected chi connectivity index (χ4v) is 3.62. The largest absolute Gasteiger partial charge is 0.481 e. The Morgan fingerprint density at radius 2 is 1.81 bits per heavy atom. The lowest BCUT2D eigenvalue weighted by Gasteiger charge is -2.20. The number of amides is 1. The Labute approximate surface area is 171 Å². The van der Waals surface area contributed by atoms with E-state index in [0.29, 0.717) is 12.3 Å². The van der Waals surface area contributed by atoms with Crippen LogP contribution in [0.5, 0.6) is 5.75 Å². The number of ether oxygens (including phenoxy) is 1. The number of carbonyl (C=O) groups excluding carboxylic acids is 1. The van der Waals surface area contributed by atoms with Crippen LogP contribution >= 0.6 is 23.4 Å². The summed E-state index contributed by atoms with van der Waals surface area (Å²) in [6, 6.07) is 15.8. The maximum Gasteiger partial charge on any atom is 0.260 e. The summed E-state index contributed by atoms with van der Waals surface area (Å²) in [6.45, 7) is 8.88. The highest BCUT2D eigenvalue weighted by atomic mass is 35.5. The molecule has 27 heavy (non-hydrogen) atoms. The molecule has 0 aliphatic rings. The lowest BCUT2D eigenvalue weighted by molar-refractivity contribution is -0.127. The molecule has 3 nitrogen and oxygen atoms in total. The minimum absolute atomic E-state index is 0.100. The van der Waals surface area contributed by atoms with E-state index in [1.165, 1.54) is 5.56 Å². The van der Waals surface area contributed by atoms with Gasteiger partial charge in [0.2, 0.25) is 0 Å². The maximum absolute atomic E-state index is 12.2. The first-order chi connectivity index (χ1) is 12.8. The molecule has 2 rings (SSSR count). The highest BCUT2D eigenvalue weighted by molar-refractivity contribution is 7.98. The Kier molecular flexibility index (Phi) is 8.06. The quantitative estimate of drug-likeness (QED) is 0.593. The molecule has 1 atom stereocenters. The molecule has 146 valence electrons. The standard InChI is InChI=1S/C22H28ClNO2S/c1-16(26-19-11-9-18(10-12-19)22(2,3)4)21(25)24-13-14-27-15-17-7-5-6-8-20(17)23/h5-12,16H,13-15H2,1-4H3,(H,24,25). The monoisotopic (exact) mass is 405 g/mol. The maximum atomic E-state index is 12.2. The van der Waals surface area contributed by atoms with Crippen molar-refractivity contribution in [3.63, 3.8) is 0 Å². The van der Waals surface area contributed by atoms with Crippen LogP contribution in [0.1, 0.15) is 38.8 Å². The van der Waals surface area contributed by atoms with Crippen molar-refractivity contribution in [2.75, 3.05) is 12.3 Å². The second kappa shape index (κ2) is 10.0. The van der Waals surface area contributed by atoms with E-state index < -0.39 is 6.10 Å². The summed E-state index contributed by atoms with van der Waals surface area (Å²) in [5.41, 5.74) is 2.46. The Hall–Kier alpha value is -1.65. The van der Waals surface area contributed by atoms with Crippen molar-refractivity contribution in [2.24, 2.45) is 0 Å². The molecule has 0 aromatic heterocycles. The predicted molar refractivity (Wildman–Crippen MR) is 116 cm³/mol. The van der Waals surface area contributed by atoms with E-state index in [-0.39, 0.29) is 11.3 Å². The molecule has 0 fully saturated rings. The molecule has 5 heteroatoms. The smallest absolute Gasteiger partial charge is 0.260 e. The number of hydrogen-bond donors (Lipinski definition) is 1. The first-order valence-corrected chi connectivity index (χ1v) is 10.7. The molecule has 0 saturated heterocycles. The van der Waals surface area contributed by atoms with Crippen LogP contribution in [0.3, 0.4) is 0 Å². The normalized spacial score (nSPS) is 12.5. The van der Waals surface area contributed by atoms with E-state index in [1.807, 2.05) is 48.5 Å². The number of thioether (sulfide) groups is 1. The van der Waals surface area contributed by atoms with Gasteiger partial charge in [-0.05, 0) is 41.7 Å². The second-order valence-corrected chi connectivity index (χ2v) is 8.98. The average Bonchev–Trinajstić information content (AvgIpc) is 2.62.